The summed E-state index contributed by atoms with van der Waals surface area (Å²) in [6.45, 7) is 2.54. The van der Waals surface area contributed by atoms with Gasteiger partial charge >= 0.3 is 18.1 Å². The third-order valence-electron chi connectivity index (χ3n) is 5.86. The van der Waals surface area contributed by atoms with Crippen molar-refractivity contribution in [2.24, 2.45) is 16.1 Å². The maximum absolute atomic E-state index is 12.7. The molecule has 4 rings (SSSR count). The Kier molecular flexibility index (Phi) is 10.5. The minimum absolute atomic E-state index is 0.0537. The summed E-state index contributed by atoms with van der Waals surface area (Å²) in [5.74, 6) is 2.09. The second-order valence-corrected chi connectivity index (χ2v) is 10.5. The van der Waals surface area contributed by atoms with Gasteiger partial charge < -0.3 is 20.3 Å². The molecule has 4 aromatic rings. The van der Waals surface area contributed by atoms with Crippen molar-refractivity contribution >= 4 is 28.2 Å². The van der Waals surface area contributed by atoms with Crippen molar-refractivity contribution in [2.45, 2.75) is 24.5 Å². The first-order valence-electron chi connectivity index (χ1n) is 12.5. The van der Waals surface area contributed by atoms with Crippen LogP contribution in [0.5, 0.6) is 0 Å². The number of hydrazone groups is 1. The van der Waals surface area contributed by atoms with Crippen LogP contribution in [0.4, 0.5) is 13.2 Å². The standard InChI is InChI=1S/C27H26N4O4S.C2HF3O2/c1-2-35-27(32)25-18-31(16-20-7-5-6-19(14-20)15-30-28)17-24(25)22-12-10-21(11-13-22)23-8-3-4-9-26(23)36(29,33)34;3-2(4,5)1(6)7/h3-15,17-18H,2,16,28H2,1H3,(H2,29,33,34);(H,6,7)/b30-15-;. The summed E-state index contributed by atoms with van der Waals surface area (Å²) in [5, 5.41) is 16.1. The number of carbonyl (C=O) groups excluding carboxylic acids is 1. The van der Waals surface area contributed by atoms with Crippen molar-refractivity contribution in [1.29, 1.82) is 0 Å². The maximum atomic E-state index is 12.7. The summed E-state index contributed by atoms with van der Waals surface area (Å²) in [6, 6.07) is 21.6. The van der Waals surface area contributed by atoms with Gasteiger partial charge in [0.25, 0.3) is 0 Å². The molecule has 0 aliphatic rings. The number of esters is 1. The Morgan fingerprint density at radius 2 is 1.58 bits per heavy atom. The fourth-order valence-corrected chi connectivity index (χ4v) is 4.81. The SMILES string of the molecule is CCOC(=O)c1cn(Cc2cccc(/C=N\N)c2)cc1-c1ccc(-c2ccccc2S(N)(=O)=O)cc1.O=C(O)C(F)(F)F. The second kappa shape index (κ2) is 13.8. The lowest BCUT2D eigenvalue weighted by atomic mass is 10.00. The summed E-state index contributed by atoms with van der Waals surface area (Å²) in [4.78, 5) is 21.7. The number of alkyl halides is 3. The number of nitrogens with two attached hydrogens (primary N) is 2. The van der Waals surface area contributed by atoms with Gasteiger partial charge in [0.15, 0.2) is 0 Å². The highest BCUT2D eigenvalue weighted by Crippen LogP contribution is 2.31. The number of carboxylic acids is 1. The van der Waals surface area contributed by atoms with Gasteiger partial charge in [-0.2, -0.15) is 18.3 Å². The number of carbonyl (C=O) groups is 2. The Morgan fingerprint density at radius 1 is 0.977 bits per heavy atom. The van der Waals surface area contributed by atoms with Crippen LogP contribution in [0.15, 0.2) is 95.2 Å². The predicted molar refractivity (Wildman–Crippen MR) is 154 cm³/mol. The van der Waals surface area contributed by atoms with Crippen LogP contribution in [0.1, 0.15) is 28.4 Å². The van der Waals surface area contributed by atoms with Gasteiger partial charge in [-0.15, -0.1) is 0 Å². The van der Waals surface area contributed by atoms with Crippen LogP contribution in [0.25, 0.3) is 22.3 Å². The van der Waals surface area contributed by atoms with Gasteiger partial charge in [-0.05, 0) is 41.3 Å². The zero-order valence-electron chi connectivity index (χ0n) is 22.7. The Morgan fingerprint density at radius 3 is 2.14 bits per heavy atom. The molecule has 0 spiro atoms. The largest absolute Gasteiger partial charge is 0.490 e. The molecule has 0 atom stereocenters. The van der Waals surface area contributed by atoms with Gasteiger partial charge in [0.05, 0.1) is 23.3 Å². The molecule has 0 radical (unpaired) electrons. The molecule has 0 bridgehead atoms. The van der Waals surface area contributed by atoms with Crippen molar-refractivity contribution < 1.29 is 41.0 Å². The highest BCUT2D eigenvalue weighted by Gasteiger charge is 2.38. The van der Waals surface area contributed by atoms with E-state index in [1.807, 2.05) is 47.2 Å². The second-order valence-electron chi connectivity index (χ2n) is 8.92. The monoisotopic (exact) mass is 616 g/mol. The van der Waals surface area contributed by atoms with Crippen molar-refractivity contribution in [3.63, 3.8) is 0 Å². The van der Waals surface area contributed by atoms with E-state index in [4.69, 9.17) is 25.6 Å². The summed E-state index contributed by atoms with van der Waals surface area (Å²) >= 11 is 0. The number of primary sulfonamides is 1. The van der Waals surface area contributed by atoms with E-state index < -0.39 is 28.1 Å². The van der Waals surface area contributed by atoms with E-state index in [-0.39, 0.29) is 11.5 Å². The van der Waals surface area contributed by atoms with Crippen molar-refractivity contribution in [3.05, 3.63) is 102 Å². The molecule has 0 aliphatic carbocycles. The molecular formula is C29H27F3N4O6S. The number of nitrogens with zero attached hydrogens (tertiary/aromatic N) is 2. The first-order chi connectivity index (χ1) is 20.2. The number of benzene rings is 3. The van der Waals surface area contributed by atoms with E-state index in [0.29, 0.717) is 28.8 Å². The van der Waals surface area contributed by atoms with Crippen molar-refractivity contribution in [3.8, 4) is 22.3 Å². The third-order valence-corrected chi connectivity index (χ3v) is 6.83. The van der Waals surface area contributed by atoms with E-state index in [1.54, 1.807) is 49.7 Å². The molecule has 3 aromatic carbocycles. The quantitative estimate of drug-likeness (QED) is 0.112. The minimum Gasteiger partial charge on any atom is -0.475 e. The minimum atomic E-state index is -5.08. The third kappa shape index (κ3) is 8.77. The molecule has 226 valence electrons. The van der Waals surface area contributed by atoms with Crippen LogP contribution in [0.2, 0.25) is 0 Å². The molecular weight excluding hydrogens is 589 g/mol. The smallest absolute Gasteiger partial charge is 0.475 e. The molecule has 14 heteroatoms. The van der Waals surface area contributed by atoms with Crippen LogP contribution >= 0.6 is 0 Å². The van der Waals surface area contributed by atoms with Gasteiger partial charge in [-0.25, -0.2) is 23.1 Å². The van der Waals surface area contributed by atoms with Gasteiger partial charge in [0.1, 0.15) is 0 Å². The number of hydrogen-bond acceptors (Lipinski definition) is 7. The zero-order chi connectivity index (χ0) is 31.8. The van der Waals surface area contributed by atoms with E-state index in [1.165, 1.54) is 6.07 Å². The Bertz CT molecular complexity index is 1730. The Labute approximate surface area is 245 Å². The van der Waals surface area contributed by atoms with Gasteiger partial charge in [0.2, 0.25) is 10.0 Å². The first kappa shape index (κ1) is 32.6. The number of hydrogen-bond donors (Lipinski definition) is 3. The summed E-state index contributed by atoms with van der Waals surface area (Å²) in [7, 11) is -3.88. The molecule has 0 saturated carbocycles. The number of rotatable bonds is 8. The molecule has 1 heterocycles. The van der Waals surface area contributed by atoms with Gasteiger partial charge in [-0.3, -0.25) is 0 Å². The fourth-order valence-electron chi connectivity index (χ4n) is 4.05. The number of halogens is 3. The van der Waals surface area contributed by atoms with Crippen molar-refractivity contribution in [2.75, 3.05) is 6.61 Å². The number of aliphatic carboxylic acids is 1. The summed E-state index contributed by atoms with van der Waals surface area (Å²) < 4.78 is 63.0. The molecule has 10 nitrogen and oxygen atoms in total. The molecule has 0 fully saturated rings. The molecule has 0 unspecified atom stereocenters. The predicted octanol–water partition coefficient (Wildman–Crippen LogP) is 4.62. The van der Waals surface area contributed by atoms with E-state index >= 15 is 0 Å². The van der Waals surface area contributed by atoms with Crippen LogP contribution < -0.4 is 11.0 Å². The lowest BCUT2D eigenvalue weighted by Crippen LogP contribution is -2.21. The number of ether oxygens (including phenoxy) is 1. The van der Waals surface area contributed by atoms with Gasteiger partial charge in [0, 0.05) is 30.1 Å². The highest BCUT2D eigenvalue weighted by atomic mass is 32.2. The molecule has 1 aromatic heterocycles. The molecule has 43 heavy (non-hydrogen) atoms. The van der Waals surface area contributed by atoms with Gasteiger partial charge in [-0.1, -0.05) is 60.7 Å². The average Bonchev–Trinajstić information content (AvgIpc) is 3.37. The summed E-state index contributed by atoms with van der Waals surface area (Å²) in [5.41, 5.74) is 5.03. The number of carboxylic acid groups (broad SMARTS) is 1. The Hall–Kier alpha value is -4.95. The number of aromatic nitrogens is 1. The van der Waals surface area contributed by atoms with E-state index in [2.05, 4.69) is 5.10 Å². The zero-order valence-corrected chi connectivity index (χ0v) is 23.5. The maximum Gasteiger partial charge on any atom is 0.490 e. The van der Waals surface area contributed by atoms with Crippen LogP contribution in [0.3, 0.4) is 0 Å². The molecule has 5 N–H and O–H groups in total. The van der Waals surface area contributed by atoms with Crippen LogP contribution in [-0.2, 0) is 26.1 Å². The lowest BCUT2D eigenvalue weighted by molar-refractivity contribution is -0.192. The normalized spacial score (nSPS) is 11.6. The summed E-state index contributed by atoms with van der Waals surface area (Å²) in [6.07, 6.45) is 0.148. The van der Waals surface area contributed by atoms with Crippen molar-refractivity contribution in [1.82, 2.24) is 4.57 Å². The van der Waals surface area contributed by atoms with E-state index in [9.17, 15) is 26.4 Å². The average molecular weight is 617 g/mol. The molecule has 0 saturated heterocycles. The number of sulfonamides is 1. The van der Waals surface area contributed by atoms with Crippen LogP contribution in [-0.4, -0.2) is 49.0 Å². The van der Waals surface area contributed by atoms with E-state index in [0.717, 1.165) is 16.7 Å². The lowest BCUT2D eigenvalue weighted by Gasteiger charge is -2.09. The fraction of sp³-hybridized carbons (Fsp3) is 0.138. The molecule has 0 amide bonds. The molecule has 0 aliphatic heterocycles. The Balaban J connectivity index is 0.000000646. The highest BCUT2D eigenvalue weighted by molar-refractivity contribution is 7.89. The van der Waals surface area contributed by atoms with Crippen LogP contribution in [0, 0.1) is 0 Å². The first-order valence-corrected chi connectivity index (χ1v) is 14.0. The topological polar surface area (TPSA) is 167 Å².